The summed E-state index contributed by atoms with van der Waals surface area (Å²) in [5.74, 6) is 0. The van der Waals surface area contributed by atoms with Crippen LogP contribution in [0.15, 0.2) is 35.2 Å². The molecule has 5 nitrogen and oxygen atoms in total. The van der Waals surface area contributed by atoms with Crippen molar-refractivity contribution in [3.05, 3.63) is 30.3 Å². The van der Waals surface area contributed by atoms with E-state index in [1.807, 2.05) is 0 Å². The van der Waals surface area contributed by atoms with E-state index in [1.165, 1.54) is 12.1 Å². The molecule has 0 fully saturated rings. The summed E-state index contributed by atoms with van der Waals surface area (Å²) in [6.45, 7) is 0. The summed E-state index contributed by atoms with van der Waals surface area (Å²) in [5, 5.41) is 12.0. The maximum absolute atomic E-state index is 10.4. The second kappa shape index (κ2) is 8.03. The molecule has 0 amide bonds. The molecule has 0 aliphatic rings. The van der Waals surface area contributed by atoms with Gasteiger partial charge in [0.2, 0.25) is 0 Å². The van der Waals surface area contributed by atoms with E-state index in [1.54, 1.807) is 18.2 Å². The first kappa shape index (κ1) is 16.1. The zero-order valence-corrected chi connectivity index (χ0v) is 6.77. The van der Waals surface area contributed by atoms with Crippen LogP contribution in [0.1, 0.15) is 0 Å². The van der Waals surface area contributed by atoms with Gasteiger partial charge in [-0.2, -0.15) is 8.42 Å². The molecule has 0 radical (unpaired) electrons. The molecule has 1 aromatic rings. The summed E-state index contributed by atoms with van der Waals surface area (Å²) >= 11 is 0. The van der Waals surface area contributed by atoms with Crippen molar-refractivity contribution >= 4 is 61.5 Å². The molecule has 7 heteroatoms. The molecule has 70 valence electrons. The molecule has 0 aliphatic heterocycles. The average Bonchev–Trinajstić information content (AvgIpc) is 2.08. The van der Waals surface area contributed by atoms with Crippen LogP contribution in [-0.4, -0.2) is 74.9 Å². The minimum atomic E-state index is -4.00. The van der Waals surface area contributed by atoms with Crippen molar-refractivity contribution in [2.45, 2.75) is 4.90 Å². The molecule has 0 heterocycles. The Hall–Kier alpha value is 0.686. The third kappa shape index (κ3) is 6.72. The summed E-state index contributed by atoms with van der Waals surface area (Å²) in [4.78, 5) is -0.0741. The Morgan fingerprint density at radius 2 is 1.38 bits per heavy atom. The van der Waals surface area contributed by atoms with Crippen molar-refractivity contribution in [2.24, 2.45) is 0 Å². The average molecular weight is 232 g/mol. The first-order valence-corrected chi connectivity index (χ1v) is 4.27. The Kier molecular flexibility index (Phi) is 9.97. The molecule has 0 atom stereocenters. The van der Waals surface area contributed by atoms with Crippen molar-refractivity contribution in [1.82, 2.24) is 0 Å². The van der Waals surface area contributed by atoms with Gasteiger partial charge >= 0.3 is 51.4 Å². The van der Waals surface area contributed by atoms with Crippen LogP contribution in [0.3, 0.4) is 0 Å². The van der Waals surface area contributed by atoms with E-state index in [9.17, 15) is 8.42 Å². The molecule has 0 unspecified atom stereocenters. The molecule has 0 aliphatic carbocycles. The van der Waals surface area contributed by atoms with Gasteiger partial charge in [0.05, 0.1) is 4.90 Å². The van der Waals surface area contributed by atoms with Crippen molar-refractivity contribution < 1.29 is 23.5 Å². The standard InChI is InChI=1S/C6H6O3S.K.H2O2.H/c7-10(8,9)6-4-2-1-3-5-6;;1-2;/h1-5H,(H,7,8,9);;1-2H;. The van der Waals surface area contributed by atoms with Gasteiger partial charge in [-0.1, -0.05) is 18.2 Å². The van der Waals surface area contributed by atoms with Gasteiger partial charge in [0, 0.05) is 0 Å². The summed E-state index contributed by atoms with van der Waals surface area (Å²) in [5.41, 5.74) is 0. The molecule has 0 saturated carbocycles. The molecular weight excluding hydrogens is 223 g/mol. The van der Waals surface area contributed by atoms with E-state index in [0.29, 0.717) is 0 Å². The van der Waals surface area contributed by atoms with Gasteiger partial charge in [-0.3, -0.25) is 15.1 Å². The van der Waals surface area contributed by atoms with E-state index in [2.05, 4.69) is 0 Å². The zero-order chi connectivity index (χ0) is 9.61. The van der Waals surface area contributed by atoms with E-state index in [0.717, 1.165) is 0 Å². The van der Waals surface area contributed by atoms with Crippen molar-refractivity contribution in [3.8, 4) is 0 Å². The minimum absolute atomic E-state index is 0. The summed E-state index contributed by atoms with van der Waals surface area (Å²) in [6, 6.07) is 7.42. The van der Waals surface area contributed by atoms with Gasteiger partial charge in [0.25, 0.3) is 10.1 Å². The Balaban J connectivity index is 0. The molecule has 0 aromatic heterocycles. The quantitative estimate of drug-likeness (QED) is 0.280. The molecule has 0 bridgehead atoms. The van der Waals surface area contributed by atoms with E-state index >= 15 is 0 Å². The predicted octanol–water partition coefficient (Wildman–Crippen LogP) is 0.302. The topological polar surface area (TPSA) is 94.8 Å². The van der Waals surface area contributed by atoms with Crippen LogP contribution < -0.4 is 0 Å². The third-order valence-electron chi connectivity index (χ3n) is 1.04. The number of rotatable bonds is 1. The molecule has 1 aromatic carbocycles. The number of hydrogen-bond acceptors (Lipinski definition) is 4. The Morgan fingerprint density at radius 3 is 1.62 bits per heavy atom. The predicted molar refractivity (Wildman–Crippen MR) is 48.7 cm³/mol. The van der Waals surface area contributed by atoms with Crippen molar-refractivity contribution in [2.75, 3.05) is 0 Å². The van der Waals surface area contributed by atoms with Crippen LogP contribution in [0.5, 0.6) is 0 Å². The third-order valence-corrected chi connectivity index (χ3v) is 1.91. The first-order chi connectivity index (χ1) is 5.61. The Morgan fingerprint density at radius 1 is 1.00 bits per heavy atom. The normalized spacial score (nSPS) is 9.15. The molecule has 0 saturated heterocycles. The maximum atomic E-state index is 10.4. The summed E-state index contributed by atoms with van der Waals surface area (Å²) < 4.78 is 29.2. The zero-order valence-electron chi connectivity index (χ0n) is 5.95. The SMILES string of the molecule is O=S(=O)(O)c1ccccc1.OO.[KH]. The van der Waals surface area contributed by atoms with Crippen LogP contribution in [0.4, 0.5) is 0 Å². The summed E-state index contributed by atoms with van der Waals surface area (Å²) in [7, 11) is -4.00. The second-order valence-electron chi connectivity index (χ2n) is 1.79. The fraction of sp³-hybridized carbons (Fsp3) is 0. The van der Waals surface area contributed by atoms with Gasteiger partial charge in [-0.05, 0) is 12.1 Å². The second-order valence-corrected chi connectivity index (χ2v) is 3.21. The Labute approximate surface area is 119 Å². The van der Waals surface area contributed by atoms with Crippen LogP contribution in [-0.2, 0) is 10.1 Å². The number of hydrogen-bond donors (Lipinski definition) is 3. The molecule has 3 N–H and O–H groups in total. The van der Waals surface area contributed by atoms with E-state index in [-0.39, 0.29) is 56.3 Å². The van der Waals surface area contributed by atoms with Gasteiger partial charge in [0.1, 0.15) is 0 Å². The molecule has 13 heavy (non-hydrogen) atoms. The van der Waals surface area contributed by atoms with Gasteiger partial charge < -0.3 is 0 Å². The van der Waals surface area contributed by atoms with E-state index < -0.39 is 10.1 Å². The Bertz CT molecular complexity index is 309. The molecule has 1 rings (SSSR count). The van der Waals surface area contributed by atoms with Gasteiger partial charge in [0.15, 0.2) is 0 Å². The van der Waals surface area contributed by atoms with Crippen LogP contribution in [0.25, 0.3) is 0 Å². The van der Waals surface area contributed by atoms with Gasteiger partial charge in [-0.15, -0.1) is 0 Å². The summed E-state index contributed by atoms with van der Waals surface area (Å²) in [6.07, 6.45) is 0. The van der Waals surface area contributed by atoms with Crippen molar-refractivity contribution in [3.63, 3.8) is 0 Å². The molecule has 0 spiro atoms. The fourth-order valence-corrected chi connectivity index (χ4v) is 1.09. The fourth-order valence-electron chi connectivity index (χ4n) is 0.592. The van der Waals surface area contributed by atoms with Crippen LogP contribution >= 0.6 is 0 Å². The van der Waals surface area contributed by atoms with Crippen molar-refractivity contribution in [1.29, 1.82) is 0 Å². The van der Waals surface area contributed by atoms with Gasteiger partial charge in [-0.25, -0.2) is 0 Å². The first-order valence-electron chi connectivity index (χ1n) is 2.83. The molecular formula is C6H9KO5S. The monoisotopic (exact) mass is 232 g/mol. The van der Waals surface area contributed by atoms with E-state index in [4.69, 9.17) is 15.1 Å². The van der Waals surface area contributed by atoms with Crippen LogP contribution in [0, 0.1) is 0 Å². The van der Waals surface area contributed by atoms with Crippen LogP contribution in [0.2, 0.25) is 0 Å². The number of benzene rings is 1.